The Morgan fingerprint density at radius 2 is 1.96 bits per heavy atom. The van der Waals surface area contributed by atoms with Gasteiger partial charge in [0.25, 0.3) is 5.91 Å². The van der Waals surface area contributed by atoms with Crippen LogP contribution in [0.3, 0.4) is 0 Å². The van der Waals surface area contributed by atoms with Crippen molar-refractivity contribution in [2.45, 2.75) is 38.6 Å². The minimum atomic E-state index is -0.960. The zero-order valence-electron chi connectivity index (χ0n) is 13.5. The monoisotopic (exact) mass is 350 g/mol. The van der Waals surface area contributed by atoms with Crippen molar-refractivity contribution in [3.05, 3.63) is 41.2 Å². The highest BCUT2D eigenvalue weighted by Gasteiger charge is 2.32. The SMILES string of the molecule is CCC(CC)(CC(=O)O)NC(=O)c1cn(-c2ccccc2Cl)nn1. The summed E-state index contributed by atoms with van der Waals surface area (Å²) in [6, 6.07) is 7.06. The molecule has 0 saturated heterocycles. The van der Waals surface area contributed by atoms with Crippen molar-refractivity contribution < 1.29 is 14.7 Å². The molecule has 0 atom stereocenters. The number of carboxylic acids is 1. The second-order valence-electron chi connectivity index (χ2n) is 5.51. The number of halogens is 1. The van der Waals surface area contributed by atoms with Crippen LogP contribution in [0.2, 0.25) is 5.02 Å². The predicted octanol–water partition coefficient (Wildman–Crippen LogP) is 2.68. The number of hydrogen-bond donors (Lipinski definition) is 2. The van der Waals surface area contributed by atoms with Gasteiger partial charge in [-0.25, -0.2) is 4.68 Å². The van der Waals surface area contributed by atoms with Gasteiger partial charge in [-0.1, -0.05) is 42.8 Å². The van der Waals surface area contributed by atoms with Crippen LogP contribution in [0.15, 0.2) is 30.5 Å². The van der Waals surface area contributed by atoms with Gasteiger partial charge in [-0.2, -0.15) is 0 Å². The Morgan fingerprint density at radius 3 is 2.54 bits per heavy atom. The molecule has 1 aromatic carbocycles. The van der Waals surface area contributed by atoms with E-state index in [1.165, 1.54) is 10.9 Å². The molecule has 1 amide bonds. The molecule has 1 heterocycles. The van der Waals surface area contributed by atoms with Crippen molar-refractivity contribution in [3.63, 3.8) is 0 Å². The maximum absolute atomic E-state index is 12.4. The van der Waals surface area contributed by atoms with Gasteiger partial charge in [0.2, 0.25) is 0 Å². The van der Waals surface area contributed by atoms with Gasteiger partial charge >= 0.3 is 5.97 Å². The molecule has 0 radical (unpaired) electrons. The van der Waals surface area contributed by atoms with E-state index in [2.05, 4.69) is 15.6 Å². The van der Waals surface area contributed by atoms with Gasteiger partial charge in [0, 0.05) is 0 Å². The number of aromatic nitrogens is 3. The van der Waals surface area contributed by atoms with E-state index in [9.17, 15) is 9.59 Å². The summed E-state index contributed by atoms with van der Waals surface area (Å²) in [5.41, 5.74) is -0.100. The topological polar surface area (TPSA) is 97.1 Å². The van der Waals surface area contributed by atoms with Crippen LogP contribution in [-0.4, -0.2) is 37.5 Å². The van der Waals surface area contributed by atoms with E-state index in [1.54, 1.807) is 24.3 Å². The van der Waals surface area contributed by atoms with Crippen LogP contribution >= 0.6 is 11.6 Å². The number of aliphatic carboxylic acids is 1. The Kier molecular flexibility index (Phi) is 5.56. The first kappa shape index (κ1) is 17.9. The Bertz CT molecular complexity index is 740. The number of nitrogens with one attached hydrogen (secondary N) is 1. The largest absolute Gasteiger partial charge is 0.481 e. The van der Waals surface area contributed by atoms with Crippen LogP contribution in [-0.2, 0) is 4.79 Å². The van der Waals surface area contributed by atoms with E-state index < -0.39 is 17.4 Å². The Morgan fingerprint density at radius 1 is 1.29 bits per heavy atom. The lowest BCUT2D eigenvalue weighted by Gasteiger charge is -2.30. The minimum Gasteiger partial charge on any atom is -0.481 e. The first-order valence-electron chi connectivity index (χ1n) is 7.62. The van der Waals surface area contributed by atoms with Crippen molar-refractivity contribution in [3.8, 4) is 5.69 Å². The van der Waals surface area contributed by atoms with E-state index in [-0.39, 0.29) is 12.1 Å². The number of carbonyl (C=O) groups excluding carboxylic acids is 1. The molecule has 24 heavy (non-hydrogen) atoms. The Labute approximate surface area is 144 Å². The number of carbonyl (C=O) groups is 2. The molecule has 2 rings (SSSR count). The third-order valence-electron chi connectivity index (χ3n) is 4.05. The summed E-state index contributed by atoms with van der Waals surface area (Å²) in [7, 11) is 0. The van der Waals surface area contributed by atoms with Crippen LogP contribution in [0.4, 0.5) is 0 Å². The highest BCUT2D eigenvalue weighted by molar-refractivity contribution is 6.32. The summed E-state index contributed by atoms with van der Waals surface area (Å²) in [6.45, 7) is 3.68. The fourth-order valence-electron chi connectivity index (χ4n) is 2.44. The average molecular weight is 351 g/mol. The van der Waals surface area contributed by atoms with Crippen molar-refractivity contribution in [2.75, 3.05) is 0 Å². The van der Waals surface area contributed by atoms with E-state index in [4.69, 9.17) is 16.7 Å². The van der Waals surface area contributed by atoms with Crippen molar-refractivity contribution in [1.29, 1.82) is 0 Å². The van der Waals surface area contributed by atoms with Gasteiger partial charge in [-0.05, 0) is 25.0 Å². The molecule has 0 unspecified atom stereocenters. The Hall–Kier alpha value is -2.41. The van der Waals surface area contributed by atoms with Gasteiger partial charge in [-0.3, -0.25) is 9.59 Å². The number of benzene rings is 1. The second-order valence-corrected chi connectivity index (χ2v) is 5.92. The first-order valence-corrected chi connectivity index (χ1v) is 8.00. The van der Waals surface area contributed by atoms with Gasteiger partial charge in [0.1, 0.15) is 0 Å². The number of carboxylic acid groups (broad SMARTS) is 1. The van der Waals surface area contributed by atoms with E-state index in [0.29, 0.717) is 23.6 Å². The lowest BCUT2D eigenvalue weighted by molar-refractivity contribution is -0.138. The molecule has 2 aromatic rings. The van der Waals surface area contributed by atoms with Crippen LogP contribution in [0.5, 0.6) is 0 Å². The molecule has 0 spiro atoms. The number of rotatable bonds is 7. The summed E-state index contributed by atoms with van der Waals surface area (Å²) in [5.74, 6) is -1.42. The normalized spacial score (nSPS) is 11.3. The van der Waals surface area contributed by atoms with Gasteiger partial charge in [0.05, 0.1) is 28.9 Å². The van der Waals surface area contributed by atoms with Gasteiger partial charge < -0.3 is 10.4 Å². The third-order valence-corrected chi connectivity index (χ3v) is 4.37. The summed E-state index contributed by atoms with van der Waals surface area (Å²) in [5, 5.41) is 20.1. The molecule has 0 saturated carbocycles. The molecular weight excluding hydrogens is 332 g/mol. The van der Waals surface area contributed by atoms with Crippen molar-refractivity contribution in [2.24, 2.45) is 0 Å². The average Bonchev–Trinajstić information content (AvgIpc) is 3.04. The standard InChI is InChI=1S/C16H19ClN4O3/c1-3-16(4-2,9-14(22)23)18-15(24)12-10-21(20-19-12)13-8-6-5-7-11(13)17/h5-8,10H,3-4,9H2,1-2H3,(H,18,24)(H,22,23). The molecule has 0 aliphatic heterocycles. The fraction of sp³-hybridized carbons (Fsp3) is 0.375. The number of para-hydroxylation sites is 1. The maximum atomic E-state index is 12.4. The molecule has 128 valence electrons. The summed E-state index contributed by atoms with van der Waals surface area (Å²) >= 11 is 6.10. The summed E-state index contributed by atoms with van der Waals surface area (Å²) < 4.78 is 1.41. The van der Waals surface area contributed by atoms with Gasteiger partial charge in [0.15, 0.2) is 5.69 Å². The molecule has 7 nitrogen and oxygen atoms in total. The highest BCUT2D eigenvalue weighted by atomic mass is 35.5. The van der Waals surface area contributed by atoms with Gasteiger partial charge in [-0.15, -0.1) is 5.10 Å². The molecule has 0 aliphatic rings. The molecule has 0 fully saturated rings. The lowest BCUT2D eigenvalue weighted by atomic mass is 9.89. The molecule has 2 N–H and O–H groups in total. The summed E-state index contributed by atoms with van der Waals surface area (Å²) in [4.78, 5) is 23.5. The Balaban J connectivity index is 2.22. The quantitative estimate of drug-likeness (QED) is 0.800. The van der Waals surface area contributed by atoms with Crippen molar-refractivity contribution >= 4 is 23.5 Å². The predicted molar refractivity (Wildman–Crippen MR) is 89.4 cm³/mol. The maximum Gasteiger partial charge on any atom is 0.305 e. The number of nitrogens with zero attached hydrogens (tertiary/aromatic N) is 3. The summed E-state index contributed by atoms with van der Waals surface area (Å²) in [6.07, 6.45) is 2.32. The van der Waals surface area contributed by atoms with E-state index in [1.807, 2.05) is 13.8 Å². The molecule has 0 bridgehead atoms. The smallest absolute Gasteiger partial charge is 0.305 e. The van der Waals surface area contributed by atoms with Crippen LogP contribution in [0, 0.1) is 0 Å². The van der Waals surface area contributed by atoms with Crippen LogP contribution in [0.1, 0.15) is 43.6 Å². The molecule has 1 aromatic heterocycles. The van der Waals surface area contributed by atoms with Crippen molar-refractivity contribution in [1.82, 2.24) is 20.3 Å². The third kappa shape index (κ3) is 3.91. The first-order chi connectivity index (χ1) is 11.4. The zero-order chi connectivity index (χ0) is 17.7. The second kappa shape index (κ2) is 7.44. The van der Waals surface area contributed by atoms with Crippen LogP contribution < -0.4 is 5.32 Å². The van der Waals surface area contributed by atoms with E-state index >= 15 is 0 Å². The number of amides is 1. The molecule has 8 heteroatoms. The van der Waals surface area contributed by atoms with Crippen LogP contribution in [0.25, 0.3) is 5.69 Å². The lowest BCUT2D eigenvalue weighted by Crippen LogP contribution is -2.49. The minimum absolute atomic E-state index is 0.103. The molecular formula is C16H19ClN4O3. The fourth-order valence-corrected chi connectivity index (χ4v) is 2.66. The zero-order valence-corrected chi connectivity index (χ0v) is 14.2. The highest BCUT2D eigenvalue weighted by Crippen LogP contribution is 2.21. The number of hydrogen-bond acceptors (Lipinski definition) is 4. The van der Waals surface area contributed by atoms with E-state index in [0.717, 1.165) is 0 Å². The molecule has 0 aliphatic carbocycles.